The van der Waals surface area contributed by atoms with Gasteiger partial charge in [0.25, 0.3) is 0 Å². The van der Waals surface area contributed by atoms with Crippen LogP contribution in [0.5, 0.6) is 0 Å². The zero-order chi connectivity index (χ0) is 27.3. The number of hydrogen-bond acceptors (Lipinski definition) is 6. The topological polar surface area (TPSA) is 155 Å². The summed E-state index contributed by atoms with van der Waals surface area (Å²) < 4.78 is 5.11. The van der Waals surface area contributed by atoms with Gasteiger partial charge in [-0.05, 0) is 45.6 Å². The van der Waals surface area contributed by atoms with E-state index in [-0.39, 0.29) is 12.5 Å². The van der Waals surface area contributed by atoms with Crippen LogP contribution in [0.1, 0.15) is 53.5 Å². The van der Waals surface area contributed by atoms with Crippen LogP contribution < -0.4 is 26.6 Å². The van der Waals surface area contributed by atoms with E-state index in [0.29, 0.717) is 19.3 Å². The number of amides is 5. The van der Waals surface area contributed by atoms with Gasteiger partial charge < -0.3 is 31.3 Å². The minimum Gasteiger partial charge on any atom is -0.444 e. The number of nitrogens with one attached hydrogen (secondary N) is 5. The molecule has 0 saturated carbocycles. The van der Waals surface area contributed by atoms with E-state index >= 15 is 0 Å². The number of rotatable bonds is 13. The molecule has 36 heavy (non-hydrogen) atoms. The van der Waals surface area contributed by atoms with Gasteiger partial charge in [0.05, 0.1) is 6.54 Å². The maximum Gasteiger partial charge on any atom is 0.408 e. The Kier molecular flexibility index (Phi) is 12.4. The summed E-state index contributed by atoms with van der Waals surface area (Å²) in [6.45, 7) is 10.0. The molecule has 0 unspecified atom stereocenters. The molecule has 0 heterocycles. The van der Waals surface area contributed by atoms with Crippen molar-refractivity contribution in [2.45, 2.75) is 78.2 Å². The van der Waals surface area contributed by atoms with Gasteiger partial charge >= 0.3 is 6.09 Å². The van der Waals surface area contributed by atoms with Crippen LogP contribution in [0.3, 0.4) is 0 Å². The Morgan fingerprint density at radius 3 is 2.14 bits per heavy atom. The Morgan fingerprint density at radius 2 is 1.58 bits per heavy atom. The molecule has 0 aliphatic heterocycles. The normalized spacial score (nSPS) is 13.5. The maximum absolute atomic E-state index is 12.8. The molecule has 11 nitrogen and oxygen atoms in total. The fourth-order valence-corrected chi connectivity index (χ4v) is 3.18. The first kappa shape index (κ1) is 30.4. The number of benzene rings is 1. The van der Waals surface area contributed by atoms with Gasteiger partial charge in [0.15, 0.2) is 0 Å². The third-order valence-corrected chi connectivity index (χ3v) is 4.78. The molecule has 0 spiro atoms. The Morgan fingerprint density at radius 1 is 0.944 bits per heavy atom. The summed E-state index contributed by atoms with van der Waals surface area (Å²) in [5.74, 6) is -1.40. The largest absolute Gasteiger partial charge is 0.444 e. The minimum absolute atomic E-state index is 0.154. The highest BCUT2D eigenvalue weighted by atomic mass is 16.6. The second-order valence-electron chi connectivity index (χ2n) is 9.87. The monoisotopic (exact) mass is 505 g/mol. The summed E-state index contributed by atoms with van der Waals surface area (Å²) >= 11 is 0. The highest BCUT2D eigenvalue weighted by molar-refractivity contribution is 5.89. The van der Waals surface area contributed by atoms with Crippen molar-refractivity contribution >= 4 is 30.2 Å². The summed E-state index contributed by atoms with van der Waals surface area (Å²) in [6.07, 6.45) is -0.350. The van der Waals surface area contributed by atoms with E-state index in [1.54, 1.807) is 20.8 Å². The first-order valence-electron chi connectivity index (χ1n) is 11.9. The van der Waals surface area contributed by atoms with Crippen LogP contribution in [-0.4, -0.2) is 60.6 Å². The van der Waals surface area contributed by atoms with Crippen LogP contribution in [0.15, 0.2) is 30.3 Å². The van der Waals surface area contributed by atoms with E-state index in [0.717, 1.165) is 5.56 Å². The van der Waals surface area contributed by atoms with Gasteiger partial charge in [-0.3, -0.25) is 19.2 Å². The molecule has 5 N–H and O–H groups in total. The summed E-state index contributed by atoms with van der Waals surface area (Å²) in [7, 11) is 0. The highest BCUT2D eigenvalue weighted by Crippen LogP contribution is 2.07. The molecule has 200 valence electrons. The Hall–Kier alpha value is -3.63. The van der Waals surface area contributed by atoms with Crippen LogP contribution in [0.25, 0.3) is 0 Å². The van der Waals surface area contributed by atoms with Gasteiger partial charge in [0.2, 0.25) is 24.1 Å². The first-order valence-corrected chi connectivity index (χ1v) is 11.9. The molecule has 1 aromatic carbocycles. The Labute approximate surface area is 212 Å². The molecule has 0 radical (unpaired) electrons. The van der Waals surface area contributed by atoms with E-state index in [9.17, 15) is 24.0 Å². The molecular weight excluding hydrogens is 466 g/mol. The predicted molar refractivity (Wildman–Crippen MR) is 135 cm³/mol. The summed E-state index contributed by atoms with van der Waals surface area (Å²) in [4.78, 5) is 60.5. The second-order valence-corrected chi connectivity index (χ2v) is 9.87. The average Bonchev–Trinajstić information content (AvgIpc) is 2.76. The van der Waals surface area contributed by atoms with Crippen molar-refractivity contribution in [3.63, 3.8) is 0 Å². The predicted octanol–water partition coefficient (Wildman–Crippen LogP) is 0.978. The summed E-state index contributed by atoms with van der Waals surface area (Å²) in [5.41, 5.74) is 0.152. The van der Waals surface area contributed by atoms with Crippen molar-refractivity contribution in [1.29, 1.82) is 0 Å². The molecular formula is C25H39N5O6. The zero-order valence-electron chi connectivity index (χ0n) is 21.8. The molecule has 0 aliphatic rings. The molecule has 0 aromatic heterocycles. The highest BCUT2D eigenvalue weighted by Gasteiger charge is 2.24. The molecule has 0 aliphatic carbocycles. The lowest BCUT2D eigenvalue weighted by Crippen LogP contribution is -2.56. The number of carbonyl (C=O) groups excluding carboxylic acids is 5. The minimum atomic E-state index is -0.932. The first-order chi connectivity index (χ1) is 16.8. The van der Waals surface area contributed by atoms with Gasteiger partial charge in [0.1, 0.15) is 23.9 Å². The van der Waals surface area contributed by atoms with Gasteiger partial charge in [-0.2, -0.15) is 0 Å². The average molecular weight is 506 g/mol. The maximum atomic E-state index is 12.8. The number of alkyl carbamates (subject to hydrolysis) is 1. The molecule has 3 atom stereocenters. The van der Waals surface area contributed by atoms with E-state index in [2.05, 4.69) is 26.6 Å². The van der Waals surface area contributed by atoms with Crippen LogP contribution in [0, 0.1) is 5.92 Å². The molecule has 5 amide bonds. The van der Waals surface area contributed by atoms with Crippen molar-refractivity contribution in [3.05, 3.63) is 35.9 Å². The Bertz CT molecular complexity index is 885. The number of hydrogen-bond donors (Lipinski definition) is 5. The van der Waals surface area contributed by atoms with E-state index in [1.807, 2.05) is 44.2 Å². The number of carbonyl (C=O) groups is 5. The molecule has 1 aromatic rings. The van der Waals surface area contributed by atoms with Crippen molar-refractivity contribution in [1.82, 2.24) is 26.6 Å². The fourth-order valence-electron chi connectivity index (χ4n) is 3.18. The number of ether oxygens (including phenoxy) is 1. The van der Waals surface area contributed by atoms with Crippen LogP contribution in [0.4, 0.5) is 4.79 Å². The van der Waals surface area contributed by atoms with Gasteiger partial charge in [0, 0.05) is 6.42 Å². The lowest BCUT2D eigenvalue weighted by atomic mass is 10.0. The van der Waals surface area contributed by atoms with Crippen molar-refractivity contribution in [2.24, 2.45) is 5.92 Å². The van der Waals surface area contributed by atoms with Crippen molar-refractivity contribution in [2.75, 3.05) is 6.54 Å². The fraction of sp³-hybridized carbons (Fsp3) is 0.560. The molecule has 1 rings (SSSR count). The molecule has 0 bridgehead atoms. The molecule has 0 fully saturated rings. The lowest BCUT2D eigenvalue weighted by molar-refractivity contribution is -0.129. The van der Waals surface area contributed by atoms with E-state index in [1.165, 1.54) is 6.92 Å². The lowest BCUT2D eigenvalue weighted by Gasteiger charge is -2.25. The zero-order valence-corrected chi connectivity index (χ0v) is 21.8. The van der Waals surface area contributed by atoms with Crippen LogP contribution in [-0.2, 0) is 30.3 Å². The van der Waals surface area contributed by atoms with Crippen molar-refractivity contribution < 1.29 is 28.7 Å². The molecule has 0 saturated heterocycles. The van der Waals surface area contributed by atoms with Gasteiger partial charge in [-0.1, -0.05) is 44.2 Å². The third-order valence-electron chi connectivity index (χ3n) is 4.78. The summed E-state index contributed by atoms with van der Waals surface area (Å²) in [6, 6.07) is 7.55. The van der Waals surface area contributed by atoms with E-state index in [4.69, 9.17) is 4.74 Å². The van der Waals surface area contributed by atoms with E-state index < -0.39 is 47.7 Å². The quantitative estimate of drug-likeness (QED) is 0.199. The van der Waals surface area contributed by atoms with Gasteiger partial charge in [-0.25, -0.2) is 4.79 Å². The van der Waals surface area contributed by atoms with Crippen molar-refractivity contribution in [3.8, 4) is 0 Å². The van der Waals surface area contributed by atoms with Crippen LogP contribution >= 0.6 is 0 Å². The standard InChI is InChI=1S/C25H39N5O6/c1-16(2)12-19(27-15-31)23(34)30-20(13-18-10-8-7-9-11-18)29-21(32)14-26-22(33)17(3)28-24(35)36-25(4,5)6/h7-11,15-17,19-20H,12-14H2,1-6H3,(H,26,33)(H,27,31)(H,28,35)(H,29,32)(H,30,34)/t17-,19-,20+/m1/s1. The molecule has 11 heteroatoms. The smallest absolute Gasteiger partial charge is 0.408 e. The van der Waals surface area contributed by atoms with Crippen LogP contribution in [0.2, 0.25) is 0 Å². The summed E-state index contributed by atoms with van der Waals surface area (Å²) in [5, 5.41) is 12.8. The SMILES string of the molecule is CC(C)C[C@@H](NC=O)C(=O)N[C@@H](Cc1ccccc1)NC(=O)CNC(=O)[C@@H](C)NC(=O)OC(C)(C)C. The Balaban J connectivity index is 2.75. The second kappa shape index (κ2) is 14.7. The third kappa shape index (κ3) is 12.7. The van der Waals surface area contributed by atoms with Gasteiger partial charge in [-0.15, -0.1) is 0 Å².